The Morgan fingerprint density at radius 3 is 2.60 bits per heavy atom. The molecule has 4 fully saturated rings. The van der Waals surface area contributed by atoms with Crippen molar-refractivity contribution >= 4 is 11.2 Å². The summed E-state index contributed by atoms with van der Waals surface area (Å²) in [4.78, 5) is 26.6. The maximum Gasteiger partial charge on any atom is 0.330 e. The highest BCUT2D eigenvalue weighted by atomic mass is 16.7. The smallest absolute Gasteiger partial charge is 0.330 e. The second kappa shape index (κ2) is 11.5. The van der Waals surface area contributed by atoms with Gasteiger partial charge in [-0.25, -0.2) is 9.78 Å². The Morgan fingerprint density at radius 2 is 1.84 bits per heavy atom. The highest BCUT2D eigenvalue weighted by Crippen LogP contribution is 2.57. The molecule has 12 heteroatoms. The van der Waals surface area contributed by atoms with Crippen molar-refractivity contribution in [3.05, 3.63) is 21.7 Å². The van der Waals surface area contributed by atoms with Gasteiger partial charge in [0.25, 0.3) is 0 Å². The van der Waals surface area contributed by atoms with E-state index in [-0.39, 0.29) is 29.3 Å². The lowest BCUT2D eigenvalue weighted by atomic mass is 9.61. The number of imidazole rings is 1. The summed E-state index contributed by atoms with van der Waals surface area (Å²) in [6.07, 6.45) is 10.5. The average Bonchev–Trinajstić information content (AvgIpc) is 3.85. The number of ether oxygens (including phenoxy) is 4. The van der Waals surface area contributed by atoms with Gasteiger partial charge in [-0.2, -0.15) is 4.98 Å². The molecule has 12 nitrogen and oxygen atoms in total. The zero-order chi connectivity index (χ0) is 30.8. The molecule has 0 amide bonds. The molecule has 3 aromatic rings. The molecule has 8 rings (SSSR count). The minimum absolute atomic E-state index is 0.108. The highest BCUT2D eigenvalue weighted by Gasteiger charge is 2.61. The fourth-order valence-corrected chi connectivity index (χ4v) is 9.14. The van der Waals surface area contributed by atoms with Crippen LogP contribution in [0.25, 0.3) is 22.7 Å². The van der Waals surface area contributed by atoms with Crippen molar-refractivity contribution < 1.29 is 23.5 Å². The first-order valence-corrected chi connectivity index (χ1v) is 17.2. The molecular formula is C33H46N6O6. The maximum absolute atomic E-state index is 14.0. The average molecular weight is 623 g/mol. The molecule has 1 saturated carbocycles. The monoisotopic (exact) mass is 622 g/mol. The molecule has 4 atom stereocenters. The van der Waals surface area contributed by atoms with Crippen LogP contribution in [0.5, 0.6) is 5.88 Å². The summed E-state index contributed by atoms with van der Waals surface area (Å²) < 4.78 is 35.2. The number of likely N-dealkylation sites (N-methyl/N-ethyl adjacent to an activating group) is 1. The van der Waals surface area contributed by atoms with Crippen molar-refractivity contribution in [1.29, 1.82) is 0 Å². The van der Waals surface area contributed by atoms with Gasteiger partial charge in [0, 0.05) is 31.2 Å². The summed E-state index contributed by atoms with van der Waals surface area (Å²) in [5.41, 5.74) is 2.70. The van der Waals surface area contributed by atoms with Crippen LogP contribution in [0.4, 0.5) is 0 Å². The number of rotatable bonds is 6. The lowest BCUT2D eigenvalue weighted by Crippen LogP contribution is -2.56. The Hall–Kier alpha value is -2.80. The Labute approximate surface area is 263 Å². The number of fused-ring (bicyclic) bond motifs is 4. The van der Waals surface area contributed by atoms with Crippen LogP contribution in [0.1, 0.15) is 95.4 Å². The van der Waals surface area contributed by atoms with E-state index in [1.807, 2.05) is 11.5 Å². The van der Waals surface area contributed by atoms with Gasteiger partial charge in [-0.1, -0.05) is 11.6 Å². The molecule has 0 unspecified atom stereocenters. The Balaban J connectivity index is 1.29. The topological polar surface area (TPSA) is 119 Å². The van der Waals surface area contributed by atoms with Crippen LogP contribution in [0.15, 0.2) is 9.32 Å². The quantitative estimate of drug-likeness (QED) is 0.392. The molecule has 2 spiro atoms. The van der Waals surface area contributed by atoms with Crippen molar-refractivity contribution in [2.75, 3.05) is 40.0 Å². The number of aryl methyl sites for hydroxylation is 1. The zero-order valence-electron chi connectivity index (χ0n) is 26.9. The maximum atomic E-state index is 14.0. The van der Waals surface area contributed by atoms with Crippen molar-refractivity contribution in [3.63, 3.8) is 0 Å². The second-order valence-electron chi connectivity index (χ2n) is 13.7. The number of hydrogen-bond donors (Lipinski definition) is 0. The SMILES string of the molecule is CCn1c(=O)n([C@@H]2CCCOC2)c2nc(-c3onc4c3CCC[C@@]43CCCCC34OCCO4)nc(O[C@@H](C)[C@@H]3CCCN3C)c21. The van der Waals surface area contributed by atoms with E-state index < -0.39 is 5.79 Å². The van der Waals surface area contributed by atoms with E-state index in [0.717, 1.165) is 88.4 Å². The van der Waals surface area contributed by atoms with Crippen molar-refractivity contribution in [2.24, 2.45) is 0 Å². The molecule has 5 aliphatic rings. The van der Waals surface area contributed by atoms with Gasteiger partial charge >= 0.3 is 5.69 Å². The van der Waals surface area contributed by atoms with E-state index in [2.05, 4.69) is 18.9 Å². The lowest BCUT2D eigenvalue weighted by molar-refractivity contribution is -0.231. The summed E-state index contributed by atoms with van der Waals surface area (Å²) in [6, 6.07) is 0.155. The van der Waals surface area contributed by atoms with Crippen LogP contribution in [-0.2, 0) is 32.6 Å². The second-order valence-corrected chi connectivity index (χ2v) is 13.7. The third-order valence-corrected chi connectivity index (χ3v) is 11.3. The molecule has 2 aliphatic carbocycles. The van der Waals surface area contributed by atoms with E-state index >= 15 is 0 Å². The summed E-state index contributed by atoms with van der Waals surface area (Å²) >= 11 is 0. The molecule has 244 valence electrons. The molecular weight excluding hydrogens is 576 g/mol. The number of hydrogen-bond acceptors (Lipinski definition) is 10. The van der Waals surface area contributed by atoms with Crippen molar-refractivity contribution in [2.45, 2.75) is 120 Å². The summed E-state index contributed by atoms with van der Waals surface area (Å²) in [5.74, 6) is 0.732. The van der Waals surface area contributed by atoms with Gasteiger partial charge in [0.05, 0.1) is 37.0 Å². The predicted octanol–water partition coefficient (Wildman–Crippen LogP) is 4.37. The molecule has 45 heavy (non-hydrogen) atoms. The largest absolute Gasteiger partial charge is 0.471 e. The fraction of sp³-hybridized carbons (Fsp3) is 0.758. The molecule has 3 saturated heterocycles. The third kappa shape index (κ3) is 4.53. The Bertz CT molecular complexity index is 1620. The Kier molecular flexibility index (Phi) is 7.54. The lowest BCUT2D eigenvalue weighted by Gasteiger charge is -2.50. The van der Waals surface area contributed by atoms with Crippen LogP contribution in [0.3, 0.4) is 0 Å². The van der Waals surface area contributed by atoms with Crippen LogP contribution in [-0.4, -0.2) is 87.1 Å². The standard InChI is InChI=1S/C33H46N6O6/c1-4-38-25-29(39(31(38)40)22-10-9-17-41-20-22)34-28(35-30(25)44-21(2)24-12-8-16-37(24)3)26-23-11-7-14-32(27(23)36-45-26)13-5-6-15-33(32)42-18-19-43-33/h21-22,24H,4-20H2,1-3H3/t21-,22+,24-,32-/m0/s1. The summed E-state index contributed by atoms with van der Waals surface area (Å²) in [7, 11) is 2.15. The van der Waals surface area contributed by atoms with Gasteiger partial charge in [0.15, 0.2) is 17.0 Å². The van der Waals surface area contributed by atoms with Gasteiger partial charge in [-0.3, -0.25) is 14.0 Å². The predicted molar refractivity (Wildman–Crippen MR) is 166 cm³/mol. The van der Waals surface area contributed by atoms with Gasteiger partial charge in [-0.15, -0.1) is 0 Å². The van der Waals surface area contributed by atoms with Gasteiger partial charge in [0.2, 0.25) is 17.5 Å². The van der Waals surface area contributed by atoms with E-state index in [1.54, 1.807) is 4.57 Å². The third-order valence-electron chi connectivity index (χ3n) is 11.3. The first-order valence-electron chi connectivity index (χ1n) is 17.2. The van der Waals surface area contributed by atoms with Crippen LogP contribution < -0.4 is 10.4 Å². The van der Waals surface area contributed by atoms with Crippen molar-refractivity contribution in [3.8, 4) is 17.5 Å². The highest BCUT2D eigenvalue weighted by molar-refractivity contribution is 5.80. The zero-order valence-corrected chi connectivity index (χ0v) is 26.9. The van der Waals surface area contributed by atoms with E-state index in [9.17, 15) is 4.79 Å². The van der Waals surface area contributed by atoms with Gasteiger partial charge in [0.1, 0.15) is 6.10 Å². The van der Waals surface area contributed by atoms with Gasteiger partial charge in [-0.05, 0) is 85.2 Å². The minimum atomic E-state index is -0.657. The van der Waals surface area contributed by atoms with E-state index in [0.29, 0.717) is 61.6 Å². The first-order chi connectivity index (χ1) is 22.0. The van der Waals surface area contributed by atoms with Crippen LogP contribution >= 0.6 is 0 Å². The fourth-order valence-electron chi connectivity index (χ4n) is 9.14. The molecule has 6 heterocycles. The number of aromatic nitrogens is 5. The molecule has 0 aromatic carbocycles. The Morgan fingerprint density at radius 1 is 1.02 bits per heavy atom. The number of nitrogens with zero attached hydrogens (tertiary/aromatic N) is 6. The van der Waals surface area contributed by atoms with Crippen LogP contribution in [0, 0.1) is 0 Å². The number of likely N-dealkylation sites (tertiary alicyclic amines) is 1. The summed E-state index contributed by atoms with van der Waals surface area (Å²) in [6.45, 7) is 8.00. The normalized spacial score (nSPS) is 29.1. The molecule has 0 N–H and O–H groups in total. The molecule has 3 aliphatic heterocycles. The molecule has 0 radical (unpaired) electrons. The molecule has 0 bridgehead atoms. The van der Waals surface area contributed by atoms with Crippen LogP contribution in [0.2, 0.25) is 0 Å². The van der Waals surface area contributed by atoms with Gasteiger partial charge < -0.3 is 23.5 Å². The van der Waals surface area contributed by atoms with E-state index in [4.69, 9.17) is 38.6 Å². The first kappa shape index (κ1) is 29.6. The van der Waals surface area contributed by atoms with E-state index in [1.165, 1.54) is 0 Å². The van der Waals surface area contributed by atoms with Crippen molar-refractivity contribution in [1.82, 2.24) is 29.2 Å². The molecule has 3 aromatic heterocycles. The minimum Gasteiger partial charge on any atom is -0.471 e. The summed E-state index contributed by atoms with van der Waals surface area (Å²) in [5, 5.41) is 4.77.